The molecule has 0 saturated carbocycles. The van der Waals surface area contributed by atoms with Crippen molar-refractivity contribution in [3.63, 3.8) is 0 Å². The van der Waals surface area contributed by atoms with E-state index >= 15 is 0 Å². The number of amides is 1. The lowest BCUT2D eigenvalue weighted by Crippen LogP contribution is -2.21. The molecular weight excluding hydrogens is 400 g/mol. The largest absolute Gasteiger partial charge is 0.478 e. The fourth-order valence-corrected chi connectivity index (χ4v) is 3.68. The van der Waals surface area contributed by atoms with Gasteiger partial charge in [0.2, 0.25) is 0 Å². The highest BCUT2D eigenvalue weighted by Gasteiger charge is 2.29. The zero-order valence-electron chi connectivity index (χ0n) is 16.5. The fraction of sp³-hybridized carbons (Fsp3) is 0.130. The van der Waals surface area contributed by atoms with E-state index in [1.165, 1.54) is 19.2 Å². The summed E-state index contributed by atoms with van der Waals surface area (Å²) in [6.45, 7) is 0.0545. The summed E-state index contributed by atoms with van der Waals surface area (Å²) in [6, 6.07) is 18.2. The molecule has 156 valence electrons. The second-order valence-electron chi connectivity index (χ2n) is 6.84. The topological polar surface area (TPSA) is 115 Å². The Labute approximate surface area is 177 Å². The molecule has 0 aliphatic heterocycles. The average Bonchev–Trinajstić information content (AvgIpc) is 3.10. The molecule has 1 aliphatic carbocycles. The second-order valence-corrected chi connectivity index (χ2v) is 6.84. The minimum absolute atomic E-state index is 0.0545. The van der Waals surface area contributed by atoms with Crippen LogP contribution in [0.15, 0.2) is 60.7 Å². The van der Waals surface area contributed by atoms with E-state index in [2.05, 4.69) is 15.0 Å². The number of aromatic carboxylic acids is 1. The number of carboxylic acids is 1. The third kappa shape index (κ3) is 3.83. The number of anilines is 1. The predicted octanol–water partition coefficient (Wildman–Crippen LogP) is 3.93. The first-order chi connectivity index (χ1) is 15.0. The number of methoxy groups -OCH3 is 1. The van der Waals surface area contributed by atoms with Crippen LogP contribution in [-0.4, -0.2) is 41.8 Å². The Morgan fingerprint density at radius 1 is 0.968 bits per heavy atom. The number of carbonyl (C=O) groups is 3. The Kier molecular flexibility index (Phi) is 5.36. The lowest BCUT2D eigenvalue weighted by atomic mass is 9.98. The number of fused-ring (bicyclic) bond motifs is 3. The summed E-state index contributed by atoms with van der Waals surface area (Å²) in [5, 5.41) is 11.7. The highest BCUT2D eigenvalue weighted by molar-refractivity contribution is 5.99. The zero-order chi connectivity index (χ0) is 22.0. The smallest absolute Gasteiger partial charge is 0.412 e. The van der Waals surface area contributed by atoms with Crippen LogP contribution in [0.1, 0.15) is 37.9 Å². The predicted molar refractivity (Wildman–Crippen MR) is 111 cm³/mol. The van der Waals surface area contributed by atoms with Gasteiger partial charge >= 0.3 is 18.0 Å². The average molecular weight is 418 g/mol. The van der Waals surface area contributed by atoms with E-state index in [9.17, 15) is 19.5 Å². The van der Waals surface area contributed by atoms with E-state index in [4.69, 9.17) is 4.74 Å². The van der Waals surface area contributed by atoms with Crippen LogP contribution in [0.2, 0.25) is 0 Å². The number of pyridine rings is 1. The Bertz CT molecular complexity index is 1140. The molecule has 0 radical (unpaired) electrons. The first-order valence-corrected chi connectivity index (χ1v) is 9.44. The minimum Gasteiger partial charge on any atom is -0.478 e. The van der Waals surface area contributed by atoms with Gasteiger partial charge in [-0.2, -0.15) is 0 Å². The van der Waals surface area contributed by atoms with Gasteiger partial charge in [-0.15, -0.1) is 0 Å². The Balaban J connectivity index is 1.53. The Morgan fingerprint density at radius 3 is 2.16 bits per heavy atom. The van der Waals surface area contributed by atoms with Gasteiger partial charge in [-0.25, -0.2) is 19.4 Å². The third-order valence-corrected chi connectivity index (χ3v) is 5.08. The normalized spacial score (nSPS) is 11.9. The highest BCUT2D eigenvalue weighted by Crippen LogP contribution is 2.44. The van der Waals surface area contributed by atoms with Crippen molar-refractivity contribution in [1.82, 2.24) is 4.98 Å². The summed E-state index contributed by atoms with van der Waals surface area (Å²) < 4.78 is 9.99. The van der Waals surface area contributed by atoms with E-state index in [0.29, 0.717) is 0 Å². The standard InChI is InChI=1S/C23H18N2O6/c1-30-22(28)19-11-10-17(21(26)27)20(24-19)25-23(29)31-12-18-15-8-4-2-6-13(15)14-7-3-5-9-16(14)18/h2-11,18H,12H2,1H3,(H,26,27)(H,24,25,29). The van der Waals surface area contributed by atoms with Crippen molar-refractivity contribution >= 4 is 23.8 Å². The van der Waals surface area contributed by atoms with E-state index in [1.807, 2.05) is 48.5 Å². The van der Waals surface area contributed by atoms with Gasteiger partial charge in [0.1, 0.15) is 12.2 Å². The number of hydrogen-bond acceptors (Lipinski definition) is 6. The van der Waals surface area contributed by atoms with E-state index < -0.39 is 18.0 Å². The molecule has 2 aromatic carbocycles. The van der Waals surface area contributed by atoms with Gasteiger partial charge in [-0.3, -0.25) is 5.32 Å². The van der Waals surface area contributed by atoms with Crippen molar-refractivity contribution in [3.8, 4) is 11.1 Å². The highest BCUT2D eigenvalue weighted by atomic mass is 16.5. The maximum Gasteiger partial charge on any atom is 0.412 e. The number of hydrogen-bond donors (Lipinski definition) is 2. The Morgan fingerprint density at radius 2 is 1.58 bits per heavy atom. The molecule has 8 nitrogen and oxygen atoms in total. The molecule has 3 aromatic rings. The lowest BCUT2D eigenvalue weighted by molar-refractivity contribution is 0.0591. The molecule has 0 saturated heterocycles. The van der Waals surface area contributed by atoms with Gasteiger partial charge in [-0.1, -0.05) is 48.5 Å². The maximum absolute atomic E-state index is 12.4. The number of carboxylic acid groups (broad SMARTS) is 1. The summed E-state index contributed by atoms with van der Waals surface area (Å²) in [7, 11) is 1.17. The van der Waals surface area contributed by atoms with E-state index in [-0.39, 0.29) is 29.6 Å². The molecule has 0 spiro atoms. The summed E-state index contributed by atoms with van der Waals surface area (Å²) in [6.07, 6.45) is -0.876. The van der Waals surface area contributed by atoms with Crippen molar-refractivity contribution in [2.45, 2.75) is 5.92 Å². The van der Waals surface area contributed by atoms with Crippen molar-refractivity contribution < 1.29 is 29.0 Å². The number of nitrogens with zero attached hydrogens (tertiary/aromatic N) is 1. The number of aromatic nitrogens is 1. The summed E-state index contributed by atoms with van der Waals surface area (Å²) in [5.41, 5.74) is 3.87. The monoisotopic (exact) mass is 418 g/mol. The van der Waals surface area contributed by atoms with Gasteiger partial charge in [0, 0.05) is 5.92 Å². The number of ether oxygens (including phenoxy) is 2. The van der Waals surface area contributed by atoms with E-state index in [1.54, 1.807) is 0 Å². The first kappa shape index (κ1) is 20.1. The maximum atomic E-state index is 12.4. The van der Waals surface area contributed by atoms with Gasteiger partial charge in [0.15, 0.2) is 11.5 Å². The minimum atomic E-state index is -1.31. The van der Waals surface area contributed by atoms with Gasteiger partial charge in [0.25, 0.3) is 0 Å². The van der Waals surface area contributed by atoms with Crippen LogP contribution in [0.4, 0.5) is 10.6 Å². The SMILES string of the molecule is COC(=O)c1ccc(C(=O)O)c(NC(=O)OCC2c3ccccc3-c3ccccc32)n1. The van der Waals surface area contributed by atoms with Crippen LogP contribution in [0.3, 0.4) is 0 Å². The van der Waals surface area contributed by atoms with Crippen molar-refractivity contribution in [2.75, 3.05) is 19.0 Å². The number of esters is 1. The molecule has 0 fully saturated rings. The molecule has 0 bridgehead atoms. The zero-order valence-corrected chi connectivity index (χ0v) is 16.5. The molecule has 8 heteroatoms. The number of carbonyl (C=O) groups excluding carboxylic acids is 2. The molecule has 2 N–H and O–H groups in total. The van der Waals surface area contributed by atoms with Gasteiger partial charge < -0.3 is 14.6 Å². The van der Waals surface area contributed by atoms with Gasteiger partial charge in [0.05, 0.1) is 7.11 Å². The van der Waals surface area contributed by atoms with E-state index in [0.717, 1.165) is 22.3 Å². The third-order valence-electron chi connectivity index (χ3n) is 5.08. The summed E-state index contributed by atoms with van der Waals surface area (Å²) in [5.74, 6) is -2.51. The van der Waals surface area contributed by atoms with Crippen LogP contribution >= 0.6 is 0 Å². The van der Waals surface area contributed by atoms with Gasteiger partial charge in [-0.05, 0) is 34.4 Å². The van der Waals surface area contributed by atoms with Crippen LogP contribution in [0.25, 0.3) is 11.1 Å². The Hall–Kier alpha value is -4.20. The number of nitrogens with one attached hydrogen (secondary N) is 1. The molecule has 0 unspecified atom stereocenters. The molecule has 1 amide bonds. The quantitative estimate of drug-likeness (QED) is 0.603. The van der Waals surface area contributed by atoms with Crippen molar-refractivity contribution in [2.24, 2.45) is 0 Å². The molecule has 4 rings (SSSR count). The van der Waals surface area contributed by atoms with Crippen LogP contribution in [-0.2, 0) is 9.47 Å². The first-order valence-electron chi connectivity index (χ1n) is 9.44. The fourth-order valence-electron chi connectivity index (χ4n) is 3.68. The molecule has 1 aliphatic rings. The van der Waals surface area contributed by atoms with Crippen LogP contribution in [0, 0.1) is 0 Å². The number of rotatable bonds is 5. The van der Waals surface area contributed by atoms with Crippen LogP contribution in [0.5, 0.6) is 0 Å². The summed E-state index contributed by atoms with van der Waals surface area (Å²) >= 11 is 0. The molecule has 1 heterocycles. The molecule has 31 heavy (non-hydrogen) atoms. The van der Waals surface area contributed by atoms with Crippen LogP contribution < -0.4 is 5.32 Å². The van der Waals surface area contributed by atoms with Crippen molar-refractivity contribution in [1.29, 1.82) is 0 Å². The number of benzene rings is 2. The van der Waals surface area contributed by atoms with Crippen molar-refractivity contribution in [3.05, 3.63) is 83.0 Å². The molecule has 1 aromatic heterocycles. The summed E-state index contributed by atoms with van der Waals surface area (Å²) in [4.78, 5) is 39.5. The second kappa shape index (κ2) is 8.27. The molecule has 0 atom stereocenters. The molecular formula is C23H18N2O6. The lowest BCUT2D eigenvalue weighted by Gasteiger charge is -2.15.